The van der Waals surface area contributed by atoms with Gasteiger partial charge in [0.2, 0.25) is 0 Å². The van der Waals surface area contributed by atoms with Gasteiger partial charge in [0.25, 0.3) is 0 Å². The van der Waals surface area contributed by atoms with E-state index in [1.807, 2.05) is 73.3 Å². The number of benzene rings is 2. The second-order valence-electron chi connectivity index (χ2n) is 13.9. The summed E-state index contributed by atoms with van der Waals surface area (Å²) in [6.45, 7) is 9.24. The fourth-order valence-electron chi connectivity index (χ4n) is 8.39. The van der Waals surface area contributed by atoms with Crippen molar-refractivity contribution in [2.45, 2.75) is 34.2 Å². The van der Waals surface area contributed by atoms with Gasteiger partial charge in [0.1, 0.15) is 0 Å². The van der Waals surface area contributed by atoms with Crippen LogP contribution in [-0.2, 0) is 15.6 Å². The van der Waals surface area contributed by atoms with E-state index in [1.54, 1.807) is 0 Å². The molecule has 4 heterocycles. The van der Waals surface area contributed by atoms with Gasteiger partial charge in [-0.1, -0.05) is 0 Å². The molecule has 8 heteroatoms. The van der Waals surface area contributed by atoms with Crippen LogP contribution in [0.5, 0.6) is 0 Å². The summed E-state index contributed by atoms with van der Waals surface area (Å²) >= 11 is -5.04. The Bertz CT molecular complexity index is 2150. The molecule has 0 amide bonds. The second-order valence-corrected chi connectivity index (χ2v) is 56.4. The van der Waals surface area contributed by atoms with Crippen LogP contribution in [0.1, 0.15) is 43.4 Å². The predicted molar refractivity (Wildman–Crippen MR) is 209 cm³/mol. The van der Waals surface area contributed by atoms with E-state index >= 15 is 0 Å². The SMILES string of the molecule is CC1=Cc2c(-c3ccccn3)cc(-c3ccccn3)cc2[CH]1[Zr]([Cl])([Cl])([CH]1C(C)=Cc2c(-c3ccccn3)cc(-c3ccccn3)cc21)[SiH](C)C. The monoisotopic (exact) mass is 785 g/mol. The van der Waals surface area contributed by atoms with Crippen molar-refractivity contribution in [3.05, 3.63) is 155 Å². The Balaban J connectivity index is 1.39. The number of halogens is 2. The Labute approximate surface area is 302 Å². The number of aromatic nitrogens is 4. The number of nitrogens with zero attached hydrogens (tertiary/aromatic N) is 4. The molecular formula is C42H37Cl2N4SiZr. The van der Waals surface area contributed by atoms with E-state index in [9.17, 15) is 0 Å². The van der Waals surface area contributed by atoms with Crippen LogP contribution in [0.4, 0.5) is 0 Å². The first-order valence-electron chi connectivity index (χ1n) is 17.1. The van der Waals surface area contributed by atoms with E-state index in [4.69, 9.17) is 37.0 Å². The van der Waals surface area contributed by atoms with E-state index in [1.165, 1.54) is 33.4 Å². The van der Waals surface area contributed by atoms with Gasteiger partial charge in [0.05, 0.1) is 0 Å². The molecular weight excluding hydrogens is 751 g/mol. The minimum atomic E-state index is -5.04. The fraction of sp³-hybridized carbons (Fsp3) is 0.143. The third kappa shape index (κ3) is 5.35. The van der Waals surface area contributed by atoms with Crippen molar-refractivity contribution in [3.63, 3.8) is 0 Å². The predicted octanol–water partition coefficient (Wildman–Crippen LogP) is 11.5. The molecule has 2 atom stereocenters. The van der Waals surface area contributed by atoms with Crippen LogP contribution in [0.15, 0.2) is 133 Å². The van der Waals surface area contributed by atoms with E-state index < -0.39 is 21.5 Å². The van der Waals surface area contributed by atoms with Gasteiger partial charge in [0, 0.05) is 0 Å². The van der Waals surface area contributed by atoms with Crippen LogP contribution >= 0.6 is 17.0 Å². The zero-order chi connectivity index (χ0) is 34.6. The standard InChI is InChI=1S/2C20H15N2.C2H7Si.2ClH.Zr/c2*1-14-10-15-12-16(19-6-2-4-8-21-19)13-18(17(15)11-14)20-7-3-5-9-22-20;1-3-2;;;/h2*2-13H,1H3;3H,1-2H3;2*1H;/q;;;;;+2/p-2. The van der Waals surface area contributed by atoms with E-state index in [0.717, 1.165) is 45.0 Å². The summed E-state index contributed by atoms with van der Waals surface area (Å²) in [6.07, 6.45) is 12.1. The third-order valence-electron chi connectivity index (χ3n) is 10.7. The van der Waals surface area contributed by atoms with Gasteiger partial charge < -0.3 is 0 Å². The molecule has 0 spiro atoms. The van der Waals surface area contributed by atoms with Crippen LogP contribution in [0, 0.1) is 0 Å². The summed E-state index contributed by atoms with van der Waals surface area (Å²) in [5.74, 6) is -1.78. The molecule has 2 aliphatic carbocycles. The van der Waals surface area contributed by atoms with E-state index in [2.05, 4.69) is 87.6 Å². The number of rotatable bonds is 7. The summed E-state index contributed by atoms with van der Waals surface area (Å²) in [5.41, 5.74) is 15.1. The fourth-order valence-corrected chi connectivity index (χ4v) is 41.2. The molecule has 0 fully saturated rings. The van der Waals surface area contributed by atoms with Crippen molar-refractivity contribution in [1.82, 2.24) is 19.9 Å². The van der Waals surface area contributed by atoms with Crippen LogP contribution in [0.2, 0.25) is 13.1 Å². The molecule has 4 aromatic heterocycles. The topological polar surface area (TPSA) is 51.6 Å². The summed E-state index contributed by atoms with van der Waals surface area (Å²) in [4.78, 5) is 19.2. The first-order valence-corrected chi connectivity index (χ1v) is 33.4. The molecule has 0 saturated heterocycles. The minimum absolute atomic E-state index is 0.0799. The van der Waals surface area contributed by atoms with Gasteiger partial charge in [0.15, 0.2) is 0 Å². The van der Waals surface area contributed by atoms with Gasteiger partial charge in [-0.25, -0.2) is 0 Å². The molecule has 0 saturated carbocycles. The molecule has 4 nitrogen and oxygen atoms in total. The molecule has 2 aliphatic rings. The summed E-state index contributed by atoms with van der Waals surface area (Å²) in [5, 5.41) is 0. The number of hydrogen-bond donors (Lipinski definition) is 0. The van der Waals surface area contributed by atoms with Gasteiger partial charge in [-0.05, 0) is 0 Å². The van der Waals surface area contributed by atoms with Gasteiger partial charge in [-0.15, -0.1) is 0 Å². The van der Waals surface area contributed by atoms with Crippen molar-refractivity contribution < 1.29 is 15.6 Å². The number of pyridine rings is 4. The maximum absolute atomic E-state index is 8.67. The second kappa shape index (κ2) is 12.8. The van der Waals surface area contributed by atoms with Crippen LogP contribution in [0.25, 0.3) is 57.2 Å². The van der Waals surface area contributed by atoms with Crippen LogP contribution < -0.4 is 0 Å². The summed E-state index contributed by atoms with van der Waals surface area (Å²) in [6, 6.07) is 33.4. The Hall–Kier alpha value is -3.80. The molecule has 0 N–H and O–H groups in total. The average molecular weight is 788 g/mol. The molecule has 8 rings (SSSR count). The van der Waals surface area contributed by atoms with Crippen LogP contribution in [0.3, 0.4) is 0 Å². The number of fused-ring (bicyclic) bond motifs is 2. The van der Waals surface area contributed by atoms with Crippen molar-refractivity contribution in [2.24, 2.45) is 0 Å². The molecule has 2 aromatic carbocycles. The molecule has 0 radical (unpaired) electrons. The van der Waals surface area contributed by atoms with Crippen molar-refractivity contribution >= 4 is 35.1 Å². The molecule has 2 unspecified atom stereocenters. The maximum atomic E-state index is 8.67. The molecule has 0 aliphatic heterocycles. The molecule has 247 valence electrons. The van der Waals surface area contributed by atoms with Crippen molar-refractivity contribution in [3.8, 4) is 45.0 Å². The molecule has 6 aromatic rings. The average Bonchev–Trinajstić information content (AvgIpc) is 3.68. The third-order valence-corrected chi connectivity index (χ3v) is 63.0. The first-order chi connectivity index (χ1) is 24.1. The Kier molecular flexibility index (Phi) is 8.51. The summed E-state index contributed by atoms with van der Waals surface area (Å²) < 4.78 is -0.160. The normalized spacial score (nSPS) is 17.5. The number of allylic oxidation sites excluding steroid dienone is 2. The van der Waals surface area contributed by atoms with E-state index in [0.29, 0.717) is 0 Å². The van der Waals surface area contributed by atoms with Crippen molar-refractivity contribution in [1.29, 1.82) is 0 Å². The quantitative estimate of drug-likeness (QED) is 0.151. The van der Waals surface area contributed by atoms with Gasteiger partial charge >= 0.3 is 305 Å². The van der Waals surface area contributed by atoms with Gasteiger partial charge in [-0.3, -0.25) is 0 Å². The van der Waals surface area contributed by atoms with Crippen molar-refractivity contribution in [2.75, 3.05) is 0 Å². The Morgan fingerprint density at radius 3 is 1.20 bits per heavy atom. The molecule has 0 bridgehead atoms. The Morgan fingerprint density at radius 2 is 0.880 bits per heavy atom. The van der Waals surface area contributed by atoms with Gasteiger partial charge in [-0.2, -0.15) is 0 Å². The molecule has 50 heavy (non-hydrogen) atoms. The van der Waals surface area contributed by atoms with E-state index in [-0.39, 0.29) is 7.25 Å². The number of hydrogen-bond acceptors (Lipinski definition) is 4. The first kappa shape index (κ1) is 33.3. The Morgan fingerprint density at radius 1 is 0.520 bits per heavy atom. The zero-order valence-electron chi connectivity index (χ0n) is 28.5. The van der Waals surface area contributed by atoms with Crippen LogP contribution in [-0.4, -0.2) is 25.9 Å². The zero-order valence-corrected chi connectivity index (χ0v) is 33.6. The summed E-state index contributed by atoms with van der Waals surface area (Å²) in [7, 11) is 17.3.